The molecule has 0 bridgehead atoms. The smallest absolute Gasteiger partial charge is 0.269 e. The van der Waals surface area contributed by atoms with Gasteiger partial charge in [0, 0.05) is 33.9 Å². The second-order valence-electron chi connectivity index (χ2n) is 5.63. The molecule has 1 amide bonds. The quantitative estimate of drug-likeness (QED) is 0.682. The highest BCUT2D eigenvalue weighted by molar-refractivity contribution is 7.99. The largest absolute Gasteiger partial charge is 0.369 e. The standard InChI is InChI=1S/C17H14N2O4S/c1-9(17(18)21)10-2-4-16-13(7-10)14(20)8-11-6-12(19(22)23)3-5-15(11)24-16/h2-7,9H,8H2,1H3,(H2,18,21). The third-order valence-corrected chi connectivity index (χ3v) is 5.25. The minimum atomic E-state index is -0.486. The summed E-state index contributed by atoms with van der Waals surface area (Å²) >= 11 is 1.40. The van der Waals surface area contributed by atoms with E-state index in [0.717, 1.165) is 9.79 Å². The summed E-state index contributed by atoms with van der Waals surface area (Å²) < 4.78 is 0. The van der Waals surface area contributed by atoms with Crippen LogP contribution in [0.3, 0.4) is 0 Å². The number of ketones is 1. The lowest BCUT2D eigenvalue weighted by atomic mass is 9.95. The van der Waals surface area contributed by atoms with E-state index in [1.165, 1.54) is 23.9 Å². The predicted octanol–water partition coefficient (Wildman–Crippen LogP) is 3.07. The molecule has 24 heavy (non-hydrogen) atoms. The molecule has 0 saturated heterocycles. The summed E-state index contributed by atoms with van der Waals surface area (Å²) in [4.78, 5) is 36.0. The number of hydrogen-bond donors (Lipinski definition) is 1. The van der Waals surface area contributed by atoms with Crippen molar-refractivity contribution in [1.29, 1.82) is 0 Å². The number of nitro benzene ring substituents is 1. The molecular formula is C17H14N2O4S. The fraction of sp³-hybridized carbons (Fsp3) is 0.176. The highest BCUT2D eigenvalue weighted by atomic mass is 32.2. The molecule has 122 valence electrons. The zero-order valence-electron chi connectivity index (χ0n) is 12.8. The molecule has 2 aromatic rings. The number of nitrogens with zero attached hydrogens (tertiary/aromatic N) is 1. The Hall–Kier alpha value is -2.67. The van der Waals surface area contributed by atoms with Crippen LogP contribution in [0.2, 0.25) is 0 Å². The number of hydrogen-bond acceptors (Lipinski definition) is 5. The summed E-state index contributed by atoms with van der Waals surface area (Å²) in [5, 5.41) is 10.9. The molecule has 1 aliphatic rings. The van der Waals surface area contributed by atoms with Crippen molar-refractivity contribution in [3.8, 4) is 0 Å². The lowest BCUT2D eigenvalue weighted by molar-refractivity contribution is -0.385. The molecule has 7 heteroatoms. The van der Waals surface area contributed by atoms with Crippen molar-refractivity contribution < 1.29 is 14.5 Å². The van der Waals surface area contributed by atoms with Gasteiger partial charge in [-0.1, -0.05) is 17.8 Å². The summed E-state index contributed by atoms with van der Waals surface area (Å²) in [6.45, 7) is 1.69. The van der Waals surface area contributed by atoms with Gasteiger partial charge in [-0.05, 0) is 36.2 Å². The molecule has 2 aromatic carbocycles. The molecule has 0 spiro atoms. The number of Topliss-reactive ketones (excluding diaryl/α,β-unsaturated/α-hetero) is 1. The Balaban J connectivity index is 2.04. The van der Waals surface area contributed by atoms with Gasteiger partial charge >= 0.3 is 0 Å². The third kappa shape index (κ3) is 2.90. The van der Waals surface area contributed by atoms with E-state index in [2.05, 4.69) is 0 Å². The second-order valence-corrected chi connectivity index (χ2v) is 6.71. The van der Waals surface area contributed by atoms with Crippen LogP contribution >= 0.6 is 11.8 Å². The Bertz CT molecular complexity index is 879. The van der Waals surface area contributed by atoms with Crippen molar-refractivity contribution in [3.63, 3.8) is 0 Å². The molecule has 0 aliphatic carbocycles. The Labute approximate surface area is 142 Å². The summed E-state index contributed by atoms with van der Waals surface area (Å²) in [6.07, 6.45) is 0.0887. The van der Waals surface area contributed by atoms with Crippen LogP contribution < -0.4 is 5.73 Å². The van der Waals surface area contributed by atoms with Crippen molar-refractivity contribution in [2.24, 2.45) is 5.73 Å². The molecule has 1 aliphatic heterocycles. The van der Waals surface area contributed by atoms with E-state index in [1.54, 1.807) is 31.2 Å². The fourth-order valence-corrected chi connectivity index (χ4v) is 3.65. The summed E-state index contributed by atoms with van der Waals surface area (Å²) in [5.74, 6) is -1.07. The molecule has 3 rings (SSSR count). The molecule has 0 saturated carbocycles. The van der Waals surface area contributed by atoms with Crippen LogP contribution in [0.4, 0.5) is 5.69 Å². The van der Waals surface area contributed by atoms with E-state index < -0.39 is 16.7 Å². The SMILES string of the molecule is CC(C(N)=O)c1ccc2c(c1)C(=O)Cc1cc([N+](=O)[O-])ccc1S2. The molecule has 1 heterocycles. The maximum absolute atomic E-state index is 12.6. The van der Waals surface area contributed by atoms with Crippen LogP contribution in [-0.2, 0) is 11.2 Å². The van der Waals surface area contributed by atoms with Crippen molar-refractivity contribution in [3.05, 3.63) is 63.2 Å². The highest BCUT2D eigenvalue weighted by Crippen LogP contribution is 2.39. The average molecular weight is 342 g/mol. The number of rotatable bonds is 3. The van der Waals surface area contributed by atoms with Gasteiger partial charge in [-0.25, -0.2) is 0 Å². The van der Waals surface area contributed by atoms with Crippen LogP contribution in [0, 0.1) is 10.1 Å². The lowest BCUT2D eigenvalue weighted by Gasteiger charge is -2.11. The molecular weight excluding hydrogens is 328 g/mol. The van der Waals surface area contributed by atoms with Crippen LogP contribution in [0.15, 0.2) is 46.2 Å². The lowest BCUT2D eigenvalue weighted by Crippen LogP contribution is -2.19. The van der Waals surface area contributed by atoms with Gasteiger partial charge in [-0.2, -0.15) is 0 Å². The number of benzene rings is 2. The van der Waals surface area contributed by atoms with Gasteiger partial charge in [-0.3, -0.25) is 19.7 Å². The zero-order valence-corrected chi connectivity index (χ0v) is 13.6. The molecule has 1 unspecified atom stereocenters. The van der Waals surface area contributed by atoms with Gasteiger partial charge in [-0.15, -0.1) is 0 Å². The summed E-state index contributed by atoms with van der Waals surface area (Å²) in [5.41, 5.74) is 7.14. The van der Waals surface area contributed by atoms with Gasteiger partial charge in [0.05, 0.1) is 10.8 Å². The Morgan fingerprint density at radius 2 is 1.96 bits per heavy atom. The Kier molecular flexibility index (Phi) is 4.11. The number of primary amides is 1. The first-order chi connectivity index (χ1) is 11.4. The maximum atomic E-state index is 12.6. The number of carbonyl (C=O) groups excluding carboxylic acids is 2. The van der Waals surface area contributed by atoms with Crippen molar-refractivity contribution >= 4 is 29.1 Å². The van der Waals surface area contributed by atoms with E-state index in [9.17, 15) is 19.7 Å². The number of nitrogens with two attached hydrogens (primary N) is 1. The van der Waals surface area contributed by atoms with Crippen LogP contribution in [0.25, 0.3) is 0 Å². The van der Waals surface area contributed by atoms with E-state index >= 15 is 0 Å². The predicted molar refractivity (Wildman–Crippen MR) is 89.3 cm³/mol. The number of amides is 1. The van der Waals surface area contributed by atoms with Crippen molar-refractivity contribution in [2.75, 3.05) is 0 Å². The summed E-state index contributed by atoms with van der Waals surface area (Å²) in [6, 6.07) is 9.82. The van der Waals surface area contributed by atoms with Gasteiger partial charge in [0.25, 0.3) is 5.69 Å². The summed E-state index contributed by atoms with van der Waals surface area (Å²) in [7, 11) is 0. The Morgan fingerprint density at radius 1 is 1.25 bits per heavy atom. The van der Waals surface area contributed by atoms with Crippen LogP contribution in [-0.4, -0.2) is 16.6 Å². The fourth-order valence-electron chi connectivity index (χ4n) is 2.59. The number of non-ortho nitro benzene ring substituents is 1. The number of fused-ring (bicyclic) bond motifs is 2. The van der Waals surface area contributed by atoms with Crippen molar-refractivity contribution in [1.82, 2.24) is 0 Å². The maximum Gasteiger partial charge on any atom is 0.269 e. The van der Waals surface area contributed by atoms with Gasteiger partial charge in [0.2, 0.25) is 5.91 Å². The molecule has 1 atom stereocenters. The van der Waals surface area contributed by atoms with Crippen LogP contribution in [0.1, 0.15) is 34.3 Å². The van der Waals surface area contributed by atoms with Gasteiger partial charge in [0.1, 0.15) is 0 Å². The number of nitro groups is 1. The van der Waals surface area contributed by atoms with E-state index in [0.29, 0.717) is 16.7 Å². The molecule has 0 fully saturated rings. The topological polar surface area (TPSA) is 103 Å². The van der Waals surface area contributed by atoms with E-state index in [4.69, 9.17) is 5.73 Å². The minimum Gasteiger partial charge on any atom is -0.369 e. The highest BCUT2D eigenvalue weighted by Gasteiger charge is 2.24. The normalized spacial score (nSPS) is 14.3. The van der Waals surface area contributed by atoms with Crippen LogP contribution in [0.5, 0.6) is 0 Å². The third-order valence-electron chi connectivity index (χ3n) is 4.06. The average Bonchev–Trinajstić information content (AvgIpc) is 2.68. The van der Waals surface area contributed by atoms with Crippen molar-refractivity contribution in [2.45, 2.75) is 29.1 Å². The molecule has 2 N–H and O–H groups in total. The molecule has 0 aromatic heterocycles. The zero-order chi connectivity index (χ0) is 17.4. The monoisotopic (exact) mass is 342 g/mol. The van der Waals surface area contributed by atoms with Gasteiger partial charge in [0.15, 0.2) is 5.78 Å². The van der Waals surface area contributed by atoms with E-state index in [1.807, 2.05) is 0 Å². The number of carbonyl (C=O) groups is 2. The van der Waals surface area contributed by atoms with Gasteiger partial charge < -0.3 is 5.73 Å². The first kappa shape index (κ1) is 16.2. The molecule has 6 nitrogen and oxygen atoms in total. The first-order valence-electron chi connectivity index (χ1n) is 7.28. The minimum absolute atomic E-state index is 0.0313. The second kappa shape index (κ2) is 6.09. The van der Waals surface area contributed by atoms with E-state index in [-0.39, 0.29) is 17.9 Å². The molecule has 0 radical (unpaired) electrons. The Morgan fingerprint density at radius 3 is 2.62 bits per heavy atom. The first-order valence-corrected chi connectivity index (χ1v) is 8.10.